The van der Waals surface area contributed by atoms with Gasteiger partial charge in [-0.05, 0) is 23.8 Å². The van der Waals surface area contributed by atoms with E-state index < -0.39 is 0 Å². The van der Waals surface area contributed by atoms with Gasteiger partial charge in [0.2, 0.25) is 0 Å². The molecule has 1 amide bonds. The van der Waals surface area contributed by atoms with Crippen LogP contribution in [0.25, 0.3) is 11.3 Å². The maximum atomic E-state index is 12.5. The van der Waals surface area contributed by atoms with Crippen LogP contribution in [0.4, 0.5) is 5.13 Å². The van der Waals surface area contributed by atoms with Crippen molar-refractivity contribution in [2.24, 2.45) is 0 Å². The van der Waals surface area contributed by atoms with E-state index in [1.807, 2.05) is 77.4 Å². The third kappa shape index (κ3) is 3.93. The number of benzene rings is 2. The highest BCUT2D eigenvalue weighted by molar-refractivity contribution is 8.19. The molecule has 0 bridgehead atoms. The molecular weight excluding hydrogens is 404 g/mol. The number of carbonyl (C=O) groups excluding carboxylic acids is 1. The van der Waals surface area contributed by atoms with Crippen molar-refractivity contribution in [1.82, 2.24) is 4.98 Å². The number of nitrogens with one attached hydrogen (secondary N) is 1. The number of aromatic nitrogens is 1. The van der Waals surface area contributed by atoms with Crippen LogP contribution in [0.1, 0.15) is 20.5 Å². The summed E-state index contributed by atoms with van der Waals surface area (Å²) in [5.74, 6) is 2.23. The first-order valence-corrected chi connectivity index (χ1v) is 11.4. The molecule has 1 aromatic heterocycles. The molecule has 3 aromatic rings. The number of thioether (sulfide) groups is 2. The number of rotatable bonds is 4. The van der Waals surface area contributed by atoms with Gasteiger partial charge in [-0.25, -0.2) is 4.98 Å². The number of halogens is 1. The Labute approximate surface area is 169 Å². The summed E-state index contributed by atoms with van der Waals surface area (Å²) in [6, 6.07) is 15.4. The second kappa shape index (κ2) is 8.05. The summed E-state index contributed by atoms with van der Waals surface area (Å²) in [6.45, 7) is 0. The predicted octanol–water partition coefficient (Wildman–Crippen LogP) is 6.19. The maximum absolute atomic E-state index is 12.5. The third-order valence-electron chi connectivity index (χ3n) is 3.94. The van der Waals surface area contributed by atoms with Crippen LogP contribution in [0.15, 0.2) is 53.9 Å². The lowest BCUT2D eigenvalue weighted by molar-refractivity contribution is 0.102. The van der Waals surface area contributed by atoms with Gasteiger partial charge in [-0.2, -0.15) is 0 Å². The van der Waals surface area contributed by atoms with Gasteiger partial charge in [-0.1, -0.05) is 41.9 Å². The molecule has 1 saturated heterocycles. The highest BCUT2D eigenvalue weighted by atomic mass is 35.5. The summed E-state index contributed by atoms with van der Waals surface area (Å²) in [6.07, 6.45) is 0. The third-order valence-corrected chi connectivity index (χ3v) is 8.13. The largest absolute Gasteiger partial charge is 0.298 e. The number of hydrogen-bond donors (Lipinski definition) is 1. The van der Waals surface area contributed by atoms with E-state index in [-0.39, 0.29) is 5.91 Å². The molecule has 1 fully saturated rings. The van der Waals surface area contributed by atoms with Gasteiger partial charge in [0.05, 0.1) is 10.3 Å². The molecule has 0 saturated carbocycles. The van der Waals surface area contributed by atoms with Crippen molar-refractivity contribution < 1.29 is 4.79 Å². The Morgan fingerprint density at radius 3 is 2.54 bits per heavy atom. The van der Waals surface area contributed by atoms with Gasteiger partial charge in [0, 0.05) is 33.0 Å². The van der Waals surface area contributed by atoms with E-state index in [2.05, 4.69) is 10.3 Å². The van der Waals surface area contributed by atoms with Crippen molar-refractivity contribution in [3.05, 3.63) is 70.1 Å². The van der Waals surface area contributed by atoms with Crippen molar-refractivity contribution in [1.29, 1.82) is 0 Å². The van der Waals surface area contributed by atoms with Crippen molar-refractivity contribution in [2.75, 3.05) is 16.8 Å². The highest BCUT2D eigenvalue weighted by Crippen LogP contribution is 2.45. The first-order valence-electron chi connectivity index (χ1n) is 8.05. The van der Waals surface area contributed by atoms with Crippen LogP contribution in [0.3, 0.4) is 0 Å². The summed E-state index contributed by atoms with van der Waals surface area (Å²) in [5.41, 5.74) is 3.53. The molecule has 26 heavy (non-hydrogen) atoms. The molecule has 0 radical (unpaired) electrons. The van der Waals surface area contributed by atoms with Crippen molar-refractivity contribution in [2.45, 2.75) is 4.58 Å². The normalized spacial score (nSPS) is 14.5. The second-order valence-corrected chi connectivity index (χ2v) is 9.66. The van der Waals surface area contributed by atoms with E-state index in [9.17, 15) is 4.79 Å². The van der Waals surface area contributed by atoms with Crippen LogP contribution in [0.5, 0.6) is 0 Å². The first-order chi connectivity index (χ1) is 12.7. The van der Waals surface area contributed by atoms with Crippen LogP contribution in [0.2, 0.25) is 5.02 Å². The number of amides is 1. The second-order valence-electron chi connectivity index (χ2n) is 5.67. The smallest absolute Gasteiger partial charge is 0.257 e. The summed E-state index contributed by atoms with van der Waals surface area (Å²) >= 11 is 11.5. The van der Waals surface area contributed by atoms with Crippen LogP contribution in [-0.2, 0) is 0 Å². The molecule has 2 heterocycles. The molecule has 3 nitrogen and oxygen atoms in total. The number of anilines is 1. The maximum Gasteiger partial charge on any atom is 0.257 e. The molecule has 1 N–H and O–H groups in total. The topological polar surface area (TPSA) is 42.0 Å². The quantitative estimate of drug-likeness (QED) is 0.548. The van der Waals surface area contributed by atoms with Crippen molar-refractivity contribution in [3.63, 3.8) is 0 Å². The zero-order valence-corrected chi connectivity index (χ0v) is 16.9. The van der Waals surface area contributed by atoms with Gasteiger partial charge in [-0.3, -0.25) is 10.1 Å². The number of carbonyl (C=O) groups is 1. The van der Waals surface area contributed by atoms with E-state index in [0.717, 1.165) is 11.3 Å². The lowest BCUT2D eigenvalue weighted by Gasteiger charge is -2.09. The minimum absolute atomic E-state index is 0.150. The lowest BCUT2D eigenvalue weighted by atomic mass is 10.1. The molecule has 1 aliphatic heterocycles. The molecule has 7 heteroatoms. The van der Waals surface area contributed by atoms with E-state index >= 15 is 0 Å². The van der Waals surface area contributed by atoms with Gasteiger partial charge in [0.25, 0.3) is 5.91 Å². The Morgan fingerprint density at radius 2 is 1.81 bits per heavy atom. The first kappa shape index (κ1) is 17.9. The minimum atomic E-state index is -0.150. The Kier molecular flexibility index (Phi) is 5.55. The van der Waals surface area contributed by atoms with Crippen molar-refractivity contribution in [3.8, 4) is 11.3 Å². The molecule has 1 aliphatic rings. The monoisotopic (exact) mass is 418 g/mol. The van der Waals surface area contributed by atoms with Crippen LogP contribution in [0, 0.1) is 0 Å². The highest BCUT2D eigenvalue weighted by Gasteiger charge is 2.18. The van der Waals surface area contributed by atoms with Gasteiger partial charge < -0.3 is 0 Å². The van der Waals surface area contributed by atoms with Crippen LogP contribution >= 0.6 is 46.5 Å². The molecule has 132 valence electrons. The Bertz CT molecular complexity index is 921. The van der Waals surface area contributed by atoms with Crippen molar-refractivity contribution >= 4 is 57.5 Å². The number of hydrogen-bond acceptors (Lipinski definition) is 5. The molecule has 0 aliphatic carbocycles. The average molecular weight is 419 g/mol. The van der Waals surface area contributed by atoms with Gasteiger partial charge in [0.1, 0.15) is 0 Å². The van der Waals surface area contributed by atoms with E-state index in [4.69, 9.17) is 11.6 Å². The number of nitrogens with zero attached hydrogens (tertiary/aromatic N) is 1. The summed E-state index contributed by atoms with van der Waals surface area (Å²) in [4.78, 5) is 17.0. The fraction of sp³-hybridized carbons (Fsp3) is 0.158. The molecular formula is C19H15ClN2OS3. The molecule has 4 rings (SSSR count). The summed E-state index contributed by atoms with van der Waals surface area (Å²) < 4.78 is 0.490. The molecule has 0 spiro atoms. The number of thiazole rings is 1. The lowest BCUT2D eigenvalue weighted by Crippen LogP contribution is -2.11. The van der Waals surface area contributed by atoms with Crippen LogP contribution in [-0.4, -0.2) is 22.4 Å². The summed E-state index contributed by atoms with van der Waals surface area (Å²) in [5, 5.41) is 5.98. The van der Waals surface area contributed by atoms with Gasteiger partial charge in [0.15, 0.2) is 5.13 Å². The zero-order chi connectivity index (χ0) is 17.9. The molecule has 0 unspecified atom stereocenters. The standard InChI is InChI=1S/C19H15ClN2OS3/c20-15-4-2-1-3-14(15)16-11-26-19(21-16)22-17(23)12-5-7-13(8-6-12)18-24-9-10-25-18/h1-8,11,18H,9-10H2,(H,21,22,23). The van der Waals surface area contributed by atoms with Gasteiger partial charge in [-0.15, -0.1) is 34.9 Å². The Balaban J connectivity index is 1.46. The SMILES string of the molecule is O=C(Nc1nc(-c2ccccc2Cl)cs1)c1ccc(C2SCCS2)cc1. The average Bonchev–Trinajstić information content (AvgIpc) is 3.34. The fourth-order valence-corrected chi connectivity index (χ4v) is 6.43. The predicted molar refractivity (Wildman–Crippen MR) is 115 cm³/mol. The summed E-state index contributed by atoms with van der Waals surface area (Å²) in [7, 11) is 0. The van der Waals surface area contributed by atoms with E-state index in [1.165, 1.54) is 28.4 Å². The van der Waals surface area contributed by atoms with E-state index in [1.54, 1.807) is 0 Å². The molecule has 0 atom stereocenters. The van der Waals surface area contributed by atoms with Gasteiger partial charge >= 0.3 is 0 Å². The molecule has 2 aromatic carbocycles. The Hall–Kier alpha value is -1.47. The Morgan fingerprint density at radius 1 is 1.08 bits per heavy atom. The fourth-order valence-electron chi connectivity index (χ4n) is 2.64. The zero-order valence-electron chi connectivity index (χ0n) is 13.6. The minimum Gasteiger partial charge on any atom is -0.298 e. The van der Waals surface area contributed by atoms with Crippen LogP contribution < -0.4 is 5.32 Å². The van der Waals surface area contributed by atoms with E-state index in [0.29, 0.717) is 20.3 Å².